The first-order valence-corrected chi connectivity index (χ1v) is 11.3. The van der Waals surface area contributed by atoms with Crippen LogP contribution in [0.5, 0.6) is 0 Å². The molecule has 0 bridgehead atoms. The lowest BCUT2D eigenvalue weighted by molar-refractivity contribution is -0.112. The molecule has 0 unspecified atom stereocenters. The van der Waals surface area contributed by atoms with E-state index in [-0.39, 0.29) is 17.2 Å². The summed E-state index contributed by atoms with van der Waals surface area (Å²) >= 11 is 1.15. The zero-order valence-electron chi connectivity index (χ0n) is 18.8. The van der Waals surface area contributed by atoms with Gasteiger partial charge in [-0.2, -0.15) is 5.26 Å². The second-order valence-electron chi connectivity index (χ2n) is 7.24. The highest BCUT2D eigenvalue weighted by Crippen LogP contribution is 2.27. The van der Waals surface area contributed by atoms with Gasteiger partial charge in [-0.15, -0.1) is 11.3 Å². The minimum absolute atomic E-state index is 0.199. The molecule has 0 spiro atoms. The van der Waals surface area contributed by atoms with Gasteiger partial charge < -0.3 is 19.2 Å². The van der Waals surface area contributed by atoms with E-state index in [0.717, 1.165) is 11.3 Å². The van der Waals surface area contributed by atoms with Crippen LogP contribution < -0.4 is 5.32 Å². The smallest absolute Gasteiger partial charge is 0.341 e. The number of carbonyl (C=O) groups excluding carboxylic acids is 3. The zero-order valence-corrected chi connectivity index (χ0v) is 19.6. The molecular formula is C25H22N2O6S. The summed E-state index contributed by atoms with van der Waals surface area (Å²) < 4.78 is 15.9. The van der Waals surface area contributed by atoms with Crippen LogP contribution in [0.15, 0.2) is 57.8 Å². The van der Waals surface area contributed by atoms with Crippen molar-refractivity contribution in [3.63, 3.8) is 0 Å². The number of carbonyl (C=O) groups is 3. The molecule has 34 heavy (non-hydrogen) atoms. The molecule has 0 saturated heterocycles. The second kappa shape index (κ2) is 11.1. The van der Waals surface area contributed by atoms with E-state index in [1.54, 1.807) is 68.6 Å². The maximum absolute atomic E-state index is 12.6. The minimum atomic E-state index is -0.680. The standard InChI is InChI=1S/C25H22N2O6S/c1-4-31-24(29)17-7-5-16(6-8-17)21-10-9-19(33-21)13-18(14-26)22(28)27-23-20(11-12-34-23)25(30)32-15(2)3/h5-13,15H,4H2,1-3H3,(H,27,28). The number of anilines is 1. The Morgan fingerprint density at radius 2 is 1.85 bits per heavy atom. The summed E-state index contributed by atoms with van der Waals surface area (Å²) in [5.41, 5.74) is 1.15. The average molecular weight is 479 g/mol. The van der Waals surface area contributed by atoms with E-state index in [9.17, 15) is 19.6 Å². The number of benzene rings is 1. The Hall–Kier alpha value is -4.16. The fourth-order valence-corrected chi connectivity index (χ4v) is 3.65. The van der Waals surface area contributed by atoms with Crippen molar-refractivity contribution < 1.29 is 28.3 Å². The summed E-state index contributed by atoms with van der Waals surface area (Å²) in [5, 5.41) is 14.0. The summed E-state index contributed by atoms with van der Waals surface area (Å²) in [7, 11) is 0. The van der Waals surface area contributed by atoms with E-state index in [2.05, 4.69) is 5.32 Å². The van der Waals surface area contributed by atoms with Crippen LogP contribution in [0.4, 0.5) is 5.00 Å². The van der Waals surface area contributed by atoms with Crippen LogP contribution in [-0.4, -0.2) is 30.6 Å². The molecule has 0 aliphatic carbocycles. The van der Waals surface area contributed by atoms with Gasteiger partial charge in [0.2, 0.25) is 0 Å². The maximum atomic E-state index is 12.6. The topological polar surface area (TPSA) is 119 Å². The molecule has 0 saturated carbocycles. The number of nitrogens with zero attached hydrogens (tertiary/aromatic N) is 1. The molecule has 1 N–H and O–H groups in total. The normalized spacial score (nSPS) is 11.1. The first-order chi connectivity index (χ1) is 16.3. The molecule has 2 heterocycles. The summed E-state index contributed by atoms with van der Waals surface area (Å²) in [5.74, 6) is -0.856. The first kappa shape index (κ1) is 24.5. The predicted octanol–water partition coefficient (Wildman–Crippen LogP) is 5.30. The largest absolute Gasteiger partial charge is 0.462 e. The van der Waals surface area contributed by atoms with Gasteiger partial charge in [0, 0.05) is 11.6 Å². The number of furan rings is 1. The minimum Gasteiger partial charge on any atom is -0.462 e. The summed E-state index contributed by atoms with van der Waals surface area (Å²) in [4.78, 5) is 36.6. The van der Waals surface area contributed by atoms with Gasteiger partial charge in [-0.1, -0.05) is 12.1 Å². The predicted molar refractivity (Wildman–Crippen MR) is 127 cm³/mol. The third kappa shape index (κ3) is 5.99. The van der Waals surface area contributed by atoms with E-state index >= 15 is 0 Å². The lowest BCUT2D eigenvalue weighted by Crippen LogP contribution is -2.16. The van der Waals surface area contributed by atoms with Crippen LogP contribution in [-0.2, 0) is 14.3 Å². The van der Waals surface area contributed by atoms with Gasteiger partial charge in [0.15, 0.2) is 0 Å². The van der Waals surface area contributed by atoms with Gasteiger partial charge in [0.05, 0.1) is 23.8 Å². The third-order valence-corrected chi connectivity index (χ3v) is 5.24. The van der Waals surface area contributed by atoms with E-state index in [0.29, 0.717) is 34.3 Å². The van der Waals surface area contributed by atoms with Crippen LogP contribution in [0, 0.1) is 11.3 Å². The summed E-state index contributed by atoms with van der Waals surface area (Å²) in [6.45, 7) is 5.48. The molecule has 2 aromatic heterocycles. The molecule has 0 aliphatic rings. The van der Waals surface area contributed by atoms with Crippen LogP contribution >= 0.6 is 11.3 Å². The number of ether oxygens (including phenoxy) is 2. The highest BCUT2D eigenvalue weighted by molar-refractivity contribution is 7.14. The van der Waals surface area contributed by atoms with E-state index in [4.69, 9.17) is 13.9 Å². The number of hydrogen-bond donors (Lipinski definition) is 1. The maximum Gasteiger partial charge on any atom is 0.341 e. The molecular weight excluding hydrogens is 456 g/mol. The number of nitriles is 1. The Balaban J connectivity index is 1.74. The Bertz CT molecular complexity index is 1260. The fourth-order valence-electron chi connectivity index (χ4n) is 2.88. The summed E-state index contributed by atoms with van der Waals surface area (Å²) in [6.07, 6.45) is 1.01. The second-order valence-corrected chi connectivity index (χ2v) is 8.16. The van der Waals surface area contributed by atoms with Crippen LogP contribution in [0.1, 0.15) is 47.2 Å². The van der Waals surface area contributed by atoms with Crippen molar-refractivity contribution in [1.82, 2.24) is 0 Å². The molecule has 1 amide bonds. The van der Waals surface area contributed by atoms with Crippen molar-refractivity contribution in [2.24, 2.45) is 0 Å². The molecule has 0 fully saturated rings. The van der Waals surface area contributed by atoms with Gasteiger partial charge >= 0.3 is 11.9 Å². The quantitative estimate of drug-likeness (QED) is 0.265. The molecule has 9 heteroatoms. The van der Waals surface area contributed by atoms with Gasteiger partial charge in [-0.05, 0) is 56.5 Å². The molecule has 3 aromatic rings. The van der Waals surface area contributed by atoms with Crippen molar-refractivity contribution in [1.29, 1.82) is 5.26 Å². The van der Waals surface area contributed by atoms with Crippen molar-refractivity contribution >= 4 is 40.3 Å². The van der Waals surface area contributed by atoms with E-state index in [1.165, 1.54) is 6.08 Å². The summed E-state index contributed by atoms with van der Waals surface area (Å²) in [6, 6.07) is 13.4. The number of hydrogen-bond acceptors (Lipinski definition) is 8. The Labute approximate surface area is 200 Å². The monoisotopic (exact) mass is 478 g/mol. The molecule has 174 valence electrons. The third-order valence-electron chi connectivity index (χ3n) is 4.41. The van der Waals surface area contributed by atoms with E-state index in [1.807, 2.05) is 6.07 Å². The Morgan fingerprint density at radius 1 is 1.12 bits per heavy atom. The highest BCUT2D eigenvalue weighted by Gasteiger charge is 2.19. The SMILES string of the molecule is CCOC(=O)c1ccc(-c2ccc(C=C(C#N)C(=O)Nc3sccc3C(=O)OC(C)C)o2)cc1. The molecule has 3 rings (SSSR count). The first-order valence-electron chi connectivity index (χ1n) is 10.4. The van der Waals surface area contributed by atoms with Crippen molar-refractivity contribution in [2.75, 3.05) is 11.9 Å². The van der Waals surface area contributed by atoms with Gasteiger partial charge in [0.25, 0.3) is 5.91 Å². The molecule has 0 atom stereocenters. The Kier molecular flexibility index (Phi) is 8.01. The number of esters is 2. The van der Waals surface area contributed by atoms with Crippen LogP contribution in [0.3, 0.4) is 0 Å². The highest BCUT2D eigenvalue weighted by atomic mass is 32.1. The molecule has 1 aromatic carbocycles. The Morgan fingerprint density at radius 3 is 2.50 bits per heavy atom. The van der Waals surface area contributed by atoms with E-state index < -0.39 is 17.8 Å². The van der Waals surface area contributed by atoms with Crippen molar-refractivity contribution in [2.45, 2.75) is 26.9 Å². The van der Waals surface area contributed by atoms with Gasteiger partial charge in [-0.25, -0.2) is 9.59 Å². The van der Waals surface area contributed by atoms with Crippen LogP contribution in [0.25, 0.3) is 17.4 Å². The lowest BCUT2D eigenvalue weighted by atomic mass is 10.1. The molecule has 0 aliphatic heterocycles. The number of nitrogens with one attached hydrogen (secondary N) is 1. The molecule has 0 radical (unpaired) electrons. The van der Waals surface area contributed by atoms with Gasteiger partial charge in [0.1, 0.15) is 28.2 Å². The van der Waals surface area contributed by atoms with Crippen molar-refractivity contribution in [3.8, 4) is 17.4 Å². The fraction of sp³-hybridized carbons (Fsp3) is 0.200. The van der Waals surface area contributed by atoms with Crippen molar-refractivity contribution in [3.05, 3.63) is 70.3 Å². The number of amides is 1. The van der Waals surface area contributed by atoms with Gasteiger partial charge in [-0.3, -0.25) is 4.79 Å². The zero-order chi connectivity index (χ0) is 24.7. The molecule has 8 nitrogen and oxygen atoms in total. The number of thiophene rings is 1. The lowest BCUT2D eigenvalue weighted by Gasteiger charge is -2.09. The number of rotatable bonds is 8. The average Bonchev–Trinajstić information content (AvgIpc) is 3.47. The van der Waals surface area contributed by atoms with Crippen LogP contribution in [0.2, 0.25) is 0 Å².